The van der Waals surface area contributed by atoms with E-state index in [-0.39, 0.29) is 6.61 Å². The number of carbonyl (C=O) groups excluding carboxylic acids is 2. The van der Waals surface area contributed by atoms with Gasteiger partial charge in [-0.3, -0.25) is 0 Å². The van der Waals surface area contributed by atoms with Crippen molar-refractivity contribution in [1.82, 2.24) is 0 Å². The summed E-state index contributed by atoms with van der Waals surface area (Å²) in [5.74, 6) is -0.154. The molecule has 4 rings (SSSR count). The predicted octanol–water partition coefficient (Wildman–Crippen LogP) is 5.18. The molecule has 0 aliphatic carbocycles. The molecule has 1 fully saturated rings. The lowest BCUT2D eigenvalue weighted by atomic mass is 9.76. The van der Waals surface area contributed by atoms with Gasteiger partial charge < -0.3 is 23.5 Å². The first-order chi connectivity index (χ1) is 16.9. The quantitative estimate of drug-likeness (QED) is 0.277. The third kappa shape index (κ3) is 5.25. The molecule has 0 bridgehead atoms. The number of esters is 1. The van der Waals surface area contributed by atoms with Crippen LogP contribution < -0.4 is 10.2 Å². The van der Waals surface area contributed by atoms with Crippen LogP contribution in [0.3, 0.4) is 0 Å². The zero-order valence-corrected chi connectivity index (χ0v) is 21.5. The van der Waals surface area contributed by atoms with Gasteiger partial charge in [-0.1, -0.05) is 60.7 Å². The Hall–Kier alpha value is -3.36. The standard InChI is InChI=1S/C28H31BO7/c1-26(2,3)34-25(31)33-23-17-16-22(20-14-10-11-15-21(20)23)29-35-27(4,5)28(6,36-29)24(30)32-18-19-12-8-7-9-13-19/h7-17H,18H2,1-6H3. The molecule has 1 saturated heterocycles. The molecule has 0 spiro atoms. The lowest BCUT2D eigenvalue weighted by Crippen LogP contribution is -2.52. The van der Waals surface area contributed by atoms with Crippen LogP contribution in [0.2, 0.25) is 0 Å². The van der Waals surface area contributed by atoms with Crippen LogP contribution >= 0.6 is 0 Å². The number of hydrogen-bond donors (Lipinski definition) is 0. The van der Waals surface area contributed by atoms with Crippen LogP contribution in [-0.2, 0) is 30.2 Å². The predicted molar refractivity (Wildman–Crippen MR) is 137 cm³/mol. The molecule has 8 heteroatoms. The molecule has 3 aromatic rings. The maximum absolute atomic E-state index is 13.2. The van der Waals surface area contributed by atoms with Crippen molar-refractivity contribution in [3.05, 3.63) is 72.3 Å². The fourth-order valence-corrected chi connectivity index (χ4v) is 3.99. The molecule has 1 heterocycles. The number of benzene rings is 3. The van der Waals surface area contributed by atoms with Crippen molar-refractivity contribution in [2.24, 2.45) is 0 Å². The lowest BCUT2D eigenvalue weighted by Gasteiger charge is -2.33. The van der Waals surface area contributed by atoms with Gasteiger partial charge in [0.15, 0.2) is 5.60 Å². The van der Waals surface area contributed by atoms with Crippen LogP contribution in [0, 0.1) is 0 Å². The normalized spacial score (nSPS) is 19.2. The second-order valence-electron chi connectivity index (χ2n) is 10.4. The highest BCUT2D eigenvalue weighted by atomic mass is 16.7. The summed E-state index contributed by atoms with van der Waals surface area (Å²) >= 11 is 0. The van der Waals surface area contributed by atoms with Crippen molar-refractivity contribution in [3.8, 4) is 5.75 Å². The molecule has 1 atom stereocenters. The van der Waals surface area contributed by atoms with Crippen LogP contribution in [0.15, 0.2) is 66.7 Å². The van der Waals surface area contributed by atoms with Crippen molar-refractivity contribution >= 4 is 35.5 Å². The fourth-order valence-electron chi connectivity index (χ4n) is 3.99. The Kier molecular flexibility index (Phi) is 6.86. The molecule has 7 nitrogen and oxygen atoms in total. The monoisotopic (exact) mass is 490 g/mol. The Morgan fingerprint density at radius 2 is 1.50 bits per heavy atom. The van der Waals surface area contributed by atoms with Gasteiger partial charge in [0.25, 0.3) is 0 Å². The summed E-state index contributed by atoms with van der Waals surface area (Å²) in [6.07, 6.45) is -0.788. The summed E-state index contributed by atoms with van der Waals surface area (Å²) in [5, 5.41) is 1.45. The van der Waals surface area contributed by atoms with Gasteiger partial charge in [0.05, 0.1) is 5.60 Å². The van der Waals surface area contributed by atoms with Crippen LogP contribution in [0.4, 0.5) is 4.79 Å². The largest absolute Gasteiger partial charge is 0.514 e. The Labute approximate surface area is 211 Å². The number of ether oxygens (including phenoxy) is 3. The highest BCUT2D eigenvalue weighted by Gasteiger charge is 2.60. The topological polar surface area (TPSA) is 80.3 Å². The van der Waals surface area contributed by atoms with Gasteiger partial charge in [-0.25, -0.2) is 9.59 Å². The molecule has 0 saturated carbocycles. The zero-order chi connectivity index (χ0) is 26.1. The molecule has 1 unspecified atom stereocenters. The van der Waals surface area contributed by atoms with E-state index >= 15 is 0 Å². The number of hydrogen-bond acceptors (Lipinski definition) is 7. The summed E-state index contributed by atoms with van der Waals surface area (Å²) in [6.45, 7) is 10.7. The van der Waals surface area contributed by atoms with E-state index in [9.17, 15) is 9.59 Å². The Morgan fingerprint density at radius 1 is 0.861 bits per heavy atom. The highest BCUT2D eigenvalue weighted by molar-refractivity contribution is 6.65. The van der Waals surface area contributed by atoms with Crippen LogP contribution in [0.25, 0.3) is 10.8 Å². The van der Waals surface area contributed by atoms with Crippen LogP contribution in [-0.4, -0.2) is 36.0 Å². The van der Waals surface area contributed by atoms with E-state index in [0.29, 0.717) is 16.6 Å². The van der Waals surface area contributed by atoms with Crippen molar-refractivity contribution in [3.63, 3.8) is 0 Å². The molecular formula is C28H31BO7. The minimum absolute atomic E-state index is 0.138. The number of rotatable bonds is 5. The van der Waals surface area contributed by atoms with Gasteiger partial charge in [0.1, 0.15) is 18.0 Å². The SMILES string of the molecule is CC(C)(C)OC(=O)Oc1ccc(B2OC(C)(C)C(C)(C(=O)OCc3ccccc3)O2)c2ccccc12. The van der Waals surface area contributed by atoms with Crippen molar-refractivity contribution in [2.45, 2.75) is 65.0 Å². The summed E-state index contributed by atoms with van der Waals surface area (Å²) in [5.41, 5.74) is -1.41. The average molecular weight is 490 g/mol. The summed E-state index contributed by atoms with van der Waals surface area (Å²) in [6, 6.07) is 20.3. The molecule has 0 aromatic heterocycles. The van der Waals surface area contributed by atoms with E-state index in [0.717, 1.165) is 10.9 Å². The van der Waals surface area contributed by atoms with Gasteiger partial charge in [-0.2, -0.15) is 0 Å². The second kappa shape index (κ2) is 9.60. The molecule has 36 heavy (non-hydrogen) atoms. The Balaban J connectivity index is 1.59. The zero-order valence-electron chi connectivity index (χ0n) is 21.5. The van der Waals surface area contributed by atoms with Crippen LogP contribution in [0.5, 0.6) is 5.75 Å². The van der Waals surface area contributed by atoms with Crippen LogP contribution in [0.1, 0.15) is 47.1 Å². The Bertz CT molecular complexity index is 1270. The second-order valence-corrected chi connectivity index (χ2v) is 10.4. The lowest BCUT2D eigenvalue weighted by molar-refractivity contribution is -0.169. The van der Waals surface area contributed by atoms with E-state index in [1.54, 1.807) is 53.7 Å². The number of fused-ring (bicyclic) bond motifs is 1. The fraction of sp³-hybridized carbons (Fsp3) is 0.357. The minimum atomic E-state index is -1.35. The minimum Gasteiger partial charge on any atom is -0.459 e. The maximum atomic E-state index is 13.2. The third-order valence-electron chi connectivity index (χ3n) is 6.25. The van der Waals surface area contributed by atoms with E-state index in [1.165, 1.54) is 0 Å². The molecular weight excluding hydrogens is 459 g/mol. The molecule has 0 amide bonds. The van der Waals surface area contributed by atoms with Gasteiger partial charge in [-0.15, -0.1) is 0 Å². The first kappa shape index (κ1) is 25.7. The Morgan fingerprint density at radius 3 is 2.17 bits per heavy atom. The molecule has 3 aromatic carbocycles. The van der Waals surface area contributed by atoms with Gasteiger partial charge in [0, 0.05) is 5.39 Å². The third-order valence-corrected chi connectivity index (χ3v) is 6.25. The van der Waals surface area contributed by atoms with E-state index in [4.69, 9.17) is 23.5 Å². The smallest absolute Gasteiger partial charge is 0.459 e. The van der Waals surface area contributed by atoms with Crippen molar-refractivity contribution < 1.29 is 33.1 Å². The van der Waals surface area contributed by atoms with Crippen molar-refractivity contribution in [2.75, 3.05) is 0 Å². The van der Waals surface area contributed by atoms with Crippen molar-refractivity contribution in [1.29, 1.82) is 0 Å². The number of carbonyl (C=O) groups is 2. The van der Waals surface area contributed by atoms with Gasteiger partial charge in [-0.05, 0) is 64.0 Å². The van der Waals surface area contributed by atoms with E-state index in [1.807, 2.05) is 54.6 Å². The van der Waals surface area contributed by atoms with Gasteiger partial charge >= 0.3 is 19.2 Å². The summed E-state index contributed by atoms with van der Waals surface area (Å²) in [4.78, 5) is 25.5. The highest BCUT2D eigenvalue weighted by Crippen LogP contribution is 2.39. The first-order valence-electron chi connectivity index (χ1n) is 11.9. The first-order valence-corrected chi connectivity index (χ1v) is 11.9. The molecule has 0 N–H and O–H groups in total. The molecule has 1 aliphatic heterocycles. The van der Waals surface area contributed by atoms with E-state index in [2.05, 4.69) is 0 Å². The summed E-state index contributed by atoms with van der Waals surface area (Å²) in [7, 11) is -0.838. The average Bonchev–Trinajstić information content (AvgIpc) is 3.06. The maximum Gasteiger partial charge on any atom is 0.514 e. The van der Waals surface area contributed by atoms with Gasteiger partial charge in [0.2, 0.25) is 0 Å². The molecule has 1 aliphatic rings. The summed E-state index contributed by atoms with van der Waals surface area (Å²) < 4.78 is 28.9. The molecule has 0 radical (unpaired) electrons. The molecule has 188 valence electrons. The van der Waals surface area contributed by atoms with E-state index < -0.39 is 36.0 Å².